The van der Waals surface area contributed by atoms with Crippen molar-refractivity contribution in [2.24, 2.45) is 0 Å². The number of Topliss-reactive ketones (excluding diaryl/α,β-unsaturated/α-hetero) is 2. The number of carbonyl (C=O) groups is 2. The third-order valence-corrected chi connectivity index (χ3v) is 7.38. The lowest BCUT2D eigenvalue weighted by Gasteiger charge is -2.42. The molecule has 1 aliphatic carbocycles. The topological polar surface area (TPSA) is 37.4 Å². The summed E-state index contributed by atoms with van der Waals surface area (Å²) in [6, 6.07) is 22.1. The molecule has 4 aromatic carbocycles. The van der Waals surface area contributed by atoms with Crippen LogP contribution in [0.2, 0.25) is 0 Å². The summed E-state index contributed by atoms with van der Waals surface area (Å²) in [5.74, 6) is -1.91. The van der Waals surface area contributed by atoms with Gasteiger partial charge in [0.15, 0.2) is 11.6 Å². The number of halogens is 2. The molecule has 0 saturated heterocycles. The summed E-state index contributed by atoms with van der Waals surface area (Å²) in [6.45, 7) is 6.00. The van der Waals surface area contributed by atoms with Gasteiger partial charge in [-0.1, -0.05) is 61.9 Å². The number of benzene rings is 4. The molecular weight excluding hydrogens is 468 g/mol. The van der Waals surface area contributed by atoms with E-state index in [0.717, 1.165) is 16.7 Å². The molecule has 0 aromatic heterocycles. The van der Waals surface area contributed by atoms with Gasteiger partial charge in [0.05, 0.1) is 16.9 Å². The molecule has 0 spiro atoms. The summed E-state index contributed by atoms with van der Waals surface area (Å²) in [5, 5.41) is 0. The number of ketones is 2. The van der Waals surface area contributed by atoms with Crippen molar-refractivity contribution in [2.75, 3.05) is 4.90 Å². The van der Waals surface area contributed by atoms with E-state index in [9.17, 15) is 9.59 Å². The molecule has 1 aliphatic heterocycles. The number of fused-ring (bicyclic) bond motifs is 3. The number of anilines is 3. The molecule has 0 N–H and O–H groups in total. The van der Waals surface area contributed by atoms with Gasteiger partial charge in [-0.15, -0.1) is 0 Å². The van der Waals surface area contributed by atoms with Crippen LogP contribution in [-0.4, -0.2) is 11.6 Å². The number of para-hydroxylation sites is 2. The Kier molecular flexibility index (Phi) is 5.02. The maximum Gasteiger partial charge on any atom is 0.197 e. The maximum absolute atomic E-state index is 15.0. The van der Waals surface area contributed by atoms with Crippen molar-refractivity contribution in [3.63, 3.8) is 0 Å². The molecule has 0 fully saturated rings. The Bertz CT molecular complexity index is 1660. The molecule has 6 rings (SSSR count). The predicted molar refractivity (Wildman–Crippen MR) is 141 cm³/mol. The fourth-order valence-electron chi connectivity index (χ4n) is 5.49. The first-order valence-electron chi connectivity index (χ1n) is 12.1. The van der Waals surface area contributed by atoms with Gasteiger partial charge in [0.1, 0.15) is 17.3 Å². The van der Waals surface area contributed by atoms with E-state index >= 15 is 8.78 Å². The third kappa shape index (κ3) is 3.38. The van der Waals surface area contributed by atoms with E-state index in [1.165, 1.54) is 18.2 Å². The van der Waals surface area contributed by atoms with E-state index in [1.54, 1.807) is 35.2 Å². The van der Waals surface area contributed by atoms with Gasteiger partial charge < -0.3 is 4.90 Å². The minimum absolute atomic E-state index is 0.117. The summed E-state index contributed by atoms with van der Waals surface area (Å²) in [4.78, 5) is 27.7. The van der Waals surface area contributed by atoms with Crippen molar-refractivity contribution in [2.45, 2.75) is 26.2 Å². The SMILES string of the molecule is Cc1ccc2c(c1)C(=O)/C(=C\c1ccc3c(c1)C(C)(C)c1ccccc1N3c1c(F)cccc1F)C2=O. The lowest BCUT2D eigenvalue weighted by molar-refractivity contribution is 0.0990. The number of hydrogen-bond donors (Lipinski definition) is 0. The number of nitrogens with zero attached hydrogens (tertiary/aromatic N) is 1. The highest BCUT2D eigenvalue weighted by atomic mass is 19.1. The van der Waals surface area contributed by atoms with Crippen LogP contribution in [0.15, 0.2) is 84.4 Å². The largest absolute Gasteiger partial charge is 0.305 e. The summed E-state index contributed by atoms with van der Waals surface area (Å²) >= 11 is 0. The van der Waals surface area contributed by atoms with Gasteiger partial charge in [-0.3, -0.25) is 9.59 Å². The summed E-state index contributed by atoms with van der Waals surface area (Å²) < 4.78 is 30.1. The van der Waals surface area contributed by atoms with Crippen LogP contribution in [0.25, 0.3) is 6.08 Å². The van der Waals surface area contributed by atoms with Crippen LogP contribution < -0.4 is 4.90 Å². The van der Waals surface area contributed by atoms with Crippen LogP contribution >= 0.6 is 0 Å². The minimum Gasteiger partial charge on any atom is -0.305 e. The average Bonchev–Trinajstić information content (AvgIpc) is 3.10. The minimum atomic E-state index is -0.665. The molecule has 2 aliphatic rings. The van der Waals surface area contributed by atoms with Gasteiger partial charge in [-0.05, 0) is 66.1 Å². The molecule has 5 heteroatoms. The first-order chi connectivity index (χ1) is 17.7. The van der Waals surface area contributed by atoms with Gasteiger partial charge in [-0.25, -0.2) is 8.78 Å². The summed E-state index contributed by atoms with van der Waals surface area (Å²) in [6.07, 6.45) is 1.62. The third-order valence-electron chi connectivity index (χ3n) is 7.38. The lowest BCUT2D eigenvalue weighted by atomic mass is 9.73. The average molecular weight is 492 g/mol. The maximum atomic E-state index is 15.0. The van der Waals surface area contributed by atoms with Crippen LogP contribution in [0.5, 0.6) is 0 Å². The van der Waals surface area contributed by atoms with Crippen LogP contribution in [0.4, 0.5) is 25.8 Å². The molecule has 0 unspecified atom stereocenters. The van der Waals surface area contributed by atoms with Crippen molar-refractivity contribution in [3.05, 3.63) is 129 Å². The van der Waals surface area contributed by atoms with Crippen LogP contribution in [0.3, 0.4) is 0 Å². The zero-order valence-corrected chi connectivity index (χ0v) is 20.6. The number of allylic oxidation sites excluding steroid dienone is 1. The van der Waals surface area contributed by atoms with E-state index in [-0.39, 0.29) is 22.8 Å². The Labute approximate surface area is 213 Å². The molecule has 0 saturated carbocycles. The lowest BCUT2D eigenvalue weighted by Crippen LogP contribution is -2.31. The Morgan fingerprint density at radius 1 is 0.730 bits per heavy atom. The Hall–Kier alpha value is -4.38. The molecule has 0 atom stereocenters. The van der Waals surface area contributed by atoms with E-state index < -0.39 is 17.0 Å². The summed E-state index contributed by atoms with van der Waals surface area (Å²) in [7, 11) is 0. The Balaban J connectivity index is 1.54. The first kappa shape index (κ1) is 23.0. The zero-order chi connectivity index (χ0) is 26.1. The van der Waals surface area contributed by atoms with Crippen molar-refractivity contribution in [1.29, 1.82) is 0 Å². The highest BCUT2D eigenvalue weighted by molar-refractivity contribution is 6.41. The standard InChI is InChI=1S/C32H23F2NO2/c1-18-11-13-20-21(15-18)31(37)22(30(20)36)16-19-12-14-28-24(17-19)32(2,3)23-7-4-5-10-27(23)35(28)29-25(33)8-6-9-26(29)34/h4-17H,1-3H3/b22-16-. The summed E-state index contributed by atoms with van der Waals surface area (Å²) in [5.41, 5.74) is 4.94. The van der Waals surface area contributed by atoms with Gasteiger partial charge in [-0.2, -0.15) is 0 Å². The van der Waals surface area contributed by atoms with Gasteiger partial charge in [0.2, 0.25) is 0 Å². The van der Waals surface area contributed by atoms with Crippen molar-refractivity contribution in [1.82, 2.24) is 0 Å². The Morgan fingerprint density at radius 3 is 2.16 bits per heavy atom. The predicted octanol–water partition coefficient (Wildman–Crippen LogP) is 7.84. The van der Waals surface area contributed by atoms with E-state index in [0.29, 0.717) is 28.1 Å². The fraction of sp³-hybridized carbons (Fsp3) is 0.125. The molecule has 3 nitrogen and oxygen atoms in total. The quantitative estimate of drug-likeness (QED) is 0.212. The van der Waals surface area contributed by atoms with Gasteiger partial charge in [0.25, 0.3) is 0 Å². The normalized spacial score (nSPS) is 16.6. The second-order valence-electron chi connectivity index (χ2n) is 10.1. The van der Waals surface area contributed by atoms with Crippen LogP contribution in [0, 0.1) is 18.6 Å². The van der Waals surface area contributed by atoms with E-state index in [2.05, 4.69) is 13.8 Å². The molecule has 1 heterocycles. The molecule has 0 amide bonds. The zero-order valence-electron chi connectivity index (χ0n) is 20.6. The Morgan fingerprint density at radius 2 is 1.41 bits per heavy atom. The van der Waals surface area contributed by atoms with E-state index in [4.69, 9.17) is 0 Å². The number of rotatable bonds is 2. The monoisotopic (exact) mass is 491 g/mol. The molecule has 0 radical (unpaired) electrons. The number of carbonyl (C=O) groups excluding carboxylic acids is 2. The molecule has 0 bridgehead atoms. The van der Waals surface area contributed by atoms with E-state index in [1.807, 2.05) is 43.3 Å². The van der Waals surface area contributed by atoms with Crippen LogP contribution in [-0.2, 0) is 5.41 Å². The first-order valence-corrected chi connectivity index (χ1v) is 12.1. The van der Waals surface area contributed by atoms with Crippen molar-refractivity contribution in [3.8, 4) is 0 Å². The van der Waals surface area contributed by atoms with Crippen molar-refractivity contribution < 1.29 is 18.4 Å². The smallest absolute Gasteiger partial charge is 0.197 e. The molecule has 4 aromatic rings. The molecule has 37 heavy (non-hydrogen) atoms. The number of aryl methyl sites for hydroxylation is 1. The number of hydrogen-bond acceptors (Lipinski definition) is 3. The van der Waals surface area contributed by atoms with Crippen LogP contribution in [0.1, 0.15) is 56.8 Å². The van der Waals surface area contributed by atoms with Gasteiger partial charge in [0, 0.05) is 16.5 Å². The second-order valence-corrected chi connectivity index (χ2v) is 10.1. The highest BCUT2D eigenvalue weighted by Crippen LogP contribution is 2.52. The molecule has 182 valence electrons. The van der Waals surface area contributed by atoms with Gasteiger partial charge >= 0.3 is 0 Å². The highest BCUT2D eigenvalue weighted by Gasteiger charge is 2.39. The fourth-order valence-corrected chi connectivity index (χ4v) is 5.49. The molecular formula is C32H23F2NO2. The second kappa shape index (κ2) is 8.07. The van der Waals surface area contributed by atoms with Crippen molar-refractivity contribution >= 4 is 34.7 Å².